The first-order valence-corrected chi connectivity index (χ1v) is 6.36. The van der Waals surface area contributed by atoms with Crippen LogP contribution < -0.4 is 5.32 Å². The molecule has 0 aliphatic carbocycles. The molecule has 1 spiro atoms. The van der Waals surface area contributed by atoms with Crippen LogP contribution in [0.4, 0.5) is 0 Å². The maximum absolute atomic E-state index is 12.2. The summed E-state index contributed by atoms with van der Waals surface area (Å²) in [4.78, 5) is 14.2. The molecule has 4 nitrogen and oxygen atoms in total. The van der Waals surface area contributed by atoms with Gasteiger partial charge in [0, 0.05) is 25.0 Å². The highest BCUT2D eigenvalue weighted by atomic mass is 16.5. The number of carbonyl (C=O) groups is 1. The van der Waals surface area contributed by atoms with Crippen LogP contribution in [0.25, 0.3) is 0 Å². The van der Waals surface area contributed by atoms with Crippen molar-refractivity contribution in [3.63, 3.8) is 0 Å². The fraction of sp³-hybridized carbons (Fsp3) is 0.917. The lowest BCUT2D eigenvalue weighted by Gasteiger charge is -2.47. The van der Waals surface area contributed by atoms with Gasteiger partial charge in [0.2, 0.25) is 5.91 Å². The van der Waals surface area contributed by atoms with E-state index in [0.717, 1.165) is 58.7 Å². The van der Waals surface area contributed by atoms with E-state index in [9.17, 15) is 4.79 Å². The van der Waals surface area contributed by atoms with Gasteiger partial charge in [0.05, 0.1) is 19.1 Å². The lowest BCUT2D eigenvalue weighted by Crippen LogP contribution is -2.53. The number of nitrogens with zero attached hydrogens (tertiary/aromatic N) is 1. The Balaban J connectivity index is 1.54. The smallest absolute Gasteiger partial charge is 0.227 e. The second kappa shape index (κ2) is 4.00. The lowest BCUT2D eigenvalue weighted by atomic mass is 9.76. The molecule has 3 aliphatic heterocycles. The second-order valence-corrected chi connectivity index (χ2v) is 5.51. The third-order valence-electron chi connectivity index (χ3n) is 4.36. The predicted molar refractivity (Wildman–Crippen MR) is 60.0 cm³/mol. The van der Waals surface area contributed by atoms with Crippen molar-refractivity contribution < 1.29 is 9.53 Å². The highest BCUT2D eigenvalue weighted by molar-refractivity contribution is 5.79. The Morgan fingerprint density at radius 1 is 1.31 bits per heavy atom. The summed E-state index contributed by atoms with van der Waals surface area (Å²) in [5, 5.41) is 3.26. The molecule has 1 atom stereocenters. The van der Waals surface area contributed by atoms with E-state index in [1.54, 1.807) is 0 Å². The van der Waals surface area contributed by atoms with E-state index in [4.69, 9.17) is 4.74 Å². The van der Waals surface area contributed by atoms with Gasteiger partial charge in [-0.1, -0.05) is 0 Å². The predicted octanol–water partition coefficient (Wildman–Crippen LogP) is 0.235. The molecule has 3 saturated heterocycles. The van der Waals surface area contributed by atoms with Gasteiger partial charge < -0.3 is 15.0 Å². The molecule has 0 radical (unpaired) electrons. The topological polar surface area (TPSA) is 41.6 Å². The Bertz CT molecular complexity index is 273. The molecule has 4 heteroatoms. The summed E-state index contributed by atoms with van der Waals surface area (Å²) in [7, 11) is 0. The van der Waals surface area contributed by atoms with Crippen LogP contribution in [-0.4, -0.2) is 50.2 Å². The zero-order valence-electron chi connectivity index (χ0n) is 9.71. The summed E-state index contributed by atoms with van der Waals surface area (Å²) >= 11 is 0. The molecule has 1 N–H and O–H groups in total. The number of hydrogen-bond acceptors (Lipinski definition) is 3. The van der Waals surface area contributed by atoms with Crippen molar-refractivity contribution in [2.24, 2.45) is 11.3 Å². The standard InChI is InChI=1S/C12H20N2O2/c15-11(10-1-4-13-7-10)14-5-2-12(3-6-14)8-16-9-12/h10,13H,1-9H2/t10-/m0/s1. The largest absolute Gasteiger partial charge is 0.380 e. The summed E-state index contributed by atoms with van der Waals surface area (Å²) in [6, 6.07) is 0. The van der Waals surface area contributed by atoms with Crippen molar-refractivity contribution in [1.82, 2.24) is 10.2 Å². The lowest BCUT2D eigenvalue weighted by molar-refractivity contribution is -0.155. The number of rotatable bonds is 1. The zero-order chi connectivity index (χ0) is 11.0. The van der Waals surface area contributed by atoms with Crippen molar-refractivity contribution in [3.8, 4) is 0 Å². The van der Waals surface area contributed by atoms with Crippen LogP contribution in [0.1, 0.15) is 19.3 Å². The summed E-state index contributed by atoms with van der Waals surface area (Å²) in [5.41, 5.74) is 0.435. The number of nitrogens with one attached hydrogen (secondary N) is 1. The molecule has 0 saturated carbocycles. The molecule has 0 aromatic carbocycles. The molecule has 16 heavy (non-hydrogen) atoms. The maximum Gasteiger partial charge on any atom is 0.227 e. The van der Waals surface area contributed by atoms with Crippen LogP contribution in [0, 0.1) is 11.3 Å². The fourth-order valence-electron chi connectivity index (χ4n) is 3.00. The minimum Gasteiger partial charge on any atom is -0.380 e. The second-order valence-electron chi connectivity index (χ2n) is 5.51. The maximum atomic E-state index is 12.2. The average molecular weight is 224 g/mol. The van der Waals surface area contributed by atoms with Gasteiger partial charge in [-0.3, -0.25) is 4.79 Å². The molecule has 0 aromatic heterocycles. The van der Waals surface area contributed by atoms with Gasteiger partial charge >= 0.3 is 0 Å². The zero-order valence-corrected chi connectivity index (χ0v) is 9.71. The number of amides is 1. The van der Waals surface area contributed by atoms with Gasteiger partial charge in [-0.2, -0.15) is 0 Å². The highest BCUT2D eigenvalue weighted by Crippen LogP contribution is 2.38. The molecule has 0 bridgehead atoms. The van der Waals surface area contributed by atoms with Crippen molar-refractivity contribution in [2.45, 2.75) is 19.3 Å². The molecule has 1 amide bonds. The van der Waals surface area contributed by atoms with Crippen molar-refractivity contribution in [3.05, 3.63) is 0 Å². The van der Waals surface area contributed by atoms with Crippen molar-refractivity contribution in [2.75, 3.05) is 39.4 Å². The molecule has 3 fully saturated rings. The molecular formula is C12H20N2O2. The van der Waals surface area contributed by atoms with Crippen LogP contribution in [0.2, 0.25) is 0 Å². The Kier molecular flexibility index (Phi) is 2.64. The van der Waals surface area contributed by atoms with Gasteiger partial charge in [0.25, 0.3) is 0 Å². The first-order chi connectivity index (χ1) is 7.79. The Hall–Kier alpha value is -0.610. The fourth-order valence-corrected chi connectivity index (χ4v) is 3.00. The van der Waals surface area contributed by atoms with Gasteiger partial charge in [0.1, 0.15) is 0 Å². The number of hydrogen-bond donors (Lipinski definition) is 1. The number of ether oxygens (including phenoxy) is 1. The van der Waals surface area contributed by atoms with Gasteiger partial charge in [-0.15, -0.1) is 0 Å². The van der Waals surface area contributed by atoms with E-state index in [0.29, 0.717) is 11.3 Å². The van der Waals surface area contributed by atoms with E-state index >= 15 is 0 Å². The third kappa shape index (κ3) is 1.74. The minimum atomic E-state index is 0.242. The van der Waals surface area contributed by atoms with Gasteiger partial charge in [0.15, 0.2) is 0 Å². The first-order valence-electron chi connectivity index (χ1n) is 6.36. The van der Waals surface area contributed by atoms with Gasteiger partial charge in [-0.25, -0.2) is 0 Å². The van der Waals surface area contributed by atoms with E-state index in [-0.39, 0.29) is 5.92 Å². The Morgan fingerprint density at radius 3 is 2.56 bits per heavy atom. The van der Waals surface area contributed by atoms with Gasteiger partial charge in [-0.05, 0) is 25.8 Å². The molecule has 3 rings (SSSR count). The number of piperidine rings is 1. The molecule has 0 unspecified atom stereocenters. The Labute approximate surface area is 96.3 Å². The van der Waals surface area contributed by atoms with Crippen LogP contribution in [0.15, 0.2) is 0 Å². The van der Waals surface area contributed by atoms with Crippen LogP contribution in [0.3, 0.4) is 0 Å². The molecule has 0 aromatic rings. The average Bonchev–Trinajstić information content (AvgIpc) is 2.80. The molecule has 3 heterocycles. The minimum absolute atomic E-state index is 0.242. The SMILES string of the molecule is O=C([C@H]1CCNC1)N1CCC2(CC1)COC2. The molecule has 90 valence electrons. The third-order valence-corrected chi connectivity index (χ3v) is 4.36. The molecular weight excluding hydrogens is 204 g/mol. The van der Waals surface area contributed by atoms with E-state index in [2.05, 4.69) is 10.2 Å². The summed E-state index contributed by atoms with van der Waals surface area (Å²) in [6.45, 7) is 5.60. The summed E-state index contributed by atoms with van der Waals surface area (Å²) < 4.78 is 5.30. The van der Waals surface area contributed by atoms with Crippen LogP contribution in [-0.2, 0) is 9.53 Å². The Morgan fingerprint density at radius 2 is 2.06 bits per heavy atom. The quantitative estimate of drug-likeness (QED) is 0.693. The number of carbonyl (C=O) groups excluding carboxylic acids is 1. The first kappa shape index (κ1) is 10.5. The van der Waals surface area contributed by atoms with E-state index in [1.165, 1.54) is 0 Å². The van der Waals surface area contributed by atoms with Crippen LogP contribution in [0.5, 0.6) is 0 Å². The molecule has 3 aliphatic rings. The summed E-state index contributed by atoms with van der Waals surface area (Å²) in [6.07, 6.45) is 3.29. The summed E-state index contributed by atoms with van der Waals surface area (Å²) in [5.74, 6) is 0.617. The highest BCUT2D eigenvalue weighted by Gasteiger charge is 2.42. The monoisotopic (exact) mass is 224 g/mol. The number of likely N-dealkylation sites (tertiary alicyclic amines) is 1. The van der Waals surface area contributed by atoms with E-state index < -0.39 is 0 Å². The van der Waals surface area contributed by atoms with Crippen LogP contribution >= 0.6 is 0 Å². The van der Waals surface area contributed by atoms with Crippen molar-refractivity contribution >= 4 is 5.91 Å². The van der Waals surface area contributed by atoms with Crippen molar-refractivity contribution in [1.29, 1.82) is 0 Å². The van der Waals surface area contributed by atoms with E-state index in [1.807, 2.05) is 0 Å². The normalized spacial score (nSPS) is 32.8.